The van der Waals surface area contributed by atoms with E-state index in [4.69, 9.17) is 5.11 Å². The molecule has 0 aliphatic heterocycles. The second-order valence-corrected chi connectivity index (χ2v) is 4.24. The van der Waals surface area contributed by atoms with Crippen molar-refractivity contribution >= 4 is 17.6 Å². The van der Waals surface area contributed by atoms with Crippen LogP contribution in [0, 0.1) is 6.92 Å². The van der Waals surface area contributed by atoms with Crippen LogP contribution in [-0.2, 0) is 11.2 Å². The molecule has 0 aliphatic carbocycles. The summed E-state index contributed by atoms with van der Waals surface area (Å²) in [7, 11) is 0. The molecule has 0 saturated carbocycles. The van der Waals surface area contributed by atoms with E-state index >= 15 is 0 Å². The van der Waals surface area contributed by atoms with Crippen LogP contribution in [0.2, 0.25) is 0 Å². The number of nitrogens with one attached hydrogen (secondary N) is 1. The number of hydrogen-bond donors (Lipinski definition) is 2. The predicted octanol–water partition coefficient (Wildman–Crippen LogP) is 2.55. The number of aryl methyl sites for hydroxylation is 2. The third-order valence-corrected chi connectivity index (χ3v) is 2.74. The number of aliphatic carboxylic acids is 1. The molecule has 1 aromatic heterocycles. The van der Waals surface area contributed by atoms with Gasteiger partial charge in [-0.2, -0.15) is 0 Å². The molecule has 0 spiro atoms. The van der Waals surface area contributed by atoms with E-state index in [0.717, 1.165) is 16.8 Å². The quantitative estimate of drug-likeness (QED) is 0.861. The zero-order valence-electron chi connectivity index (χ0n) is 10.6. The summed E-state index contributed by atoms with van der Waals surface area (Å²) in [5, 5.41) is 11.8. The summed E-state index contributed by atoms with van der Waals surface area (Å²) in [4.78, 5) is 18.8. The van der Waals surface area contributed by atoms with Crippen molar-refractivity contribution in [3.05, 3.63) is 47.8 Å². The van der Waals surface area contributed by atoms with E-state index in [1.165, 1.54) is 0 Å². The molecule has 0 fully saturated rings. The van der Waals surface area contributed by atoms with Crippen molar-refractivity contribution in [3.8, 4) is 0 Å². The molecule has 0 unspecified atom stereocenters. The number of carboxylic acid groups (broad SMARTS) is 1. The smallest absolute Gasteiger partial charge is 0.303 e. The number of carbonyl (C=O) groups is 1. The van der Waals surface area contributed by atoms with Crippen LogP contribution in [0.3, 0.4) is 0 Å². The van der Waals surface area contributed by atoms with Crippen molar-refractivity contribution in [2.45, 2.75) is 19.8 Å². The van der Waals surface area contributed by atoms with Crippen LogP contribution < -0.4 is 5.32 Å². The van der Waals surface area contributed by atoms with Crippen molar-refractivity contribution in [1.82, 2.24) is 9.97 Å². The van der Waals surface area contributed by atoms with Crippen LogP contribution in [0.5, 0.6) is 0 Å². The first-order chi connectivity index (χ1) is 9.15. The Kier molecular flexibility index (Phi) is 4.07. The van der Waals surface area contributed by atoms with Gasteiger partial charge >= 0.3 is 5.97 Å². The molecule has 0 radical (unpaired) electrons. The molecule has 1 heterocycles. The monoisotopic (exact) mass is 257 g/mol. The van der Waals surface area contributed by atoms with E-state index in [-0.39, 0.29) is 6.42 Å². The minimum absolute atomic E-state index is 0.129. The lowest BCUT2D eigenvalue weighted by molar-refractivity contribution is -0.136. The fourth-order valence-corrected chi connectivity index (χ4v) is 1.69. The second kappa shape index (κ2) is 5.95. The van der Waals surface area contributed by atoms with Gasteiger partial charge in [0.15, 0.2) is 0 Å². The Morgan fingerprint density at radius 2 is 2.05 bits per heavy atom. The topological polar surface area (TPSA) is 75.1 Å². The molecule has 0 atom stereocenters. The van der Waals surface area contributed by atoms with Crippen molar-refractivity contribution in [1.29, 1.82) is 0 Å². The molecule has 1 aromatic carbocycles. The molecule has 0 amide bonds. The van der Waals surface area contributed by atoms with Gasteiger partial charge in [-0.1, -0.05) is 12.1 Å². The Morgan fingerprint density at radius 3 is 2.74 bits per heavy atom. The number of anilines is 2. The van der Waals surface area contributed by atoms with Gasteiger partial charge in [0.2, 0.25) is 5.95 Å². The highest BCUT2D eigenvalue weighted by Crippen LogP contribution is 2.20. The maximum absolute atomic E-state index is 10.6. The SMILES string of the molecule is Cc1ccc(CCC(=O)O)cc1Nc1ncccn1. The summed E-state index contributed by atoms with van der Waals surface area (Å²) in [6.07, 6.45) is 3.97. The van der Waals surface area contributed by atoms with Gasteiger partial charge in [-0.05, 0) is 36.6 Å². The number of nitrogens with zero attached hydrogens (tertiary/aromatic N) is 2. The predicted molar refractivity (Wildman–Crippen MR) is 72.5 cm³/mol. The number of carboxylic acids is 1. The Bertz CT molecular complexity index is 570. The summed E-state index contributed by atoms with van der Waals surface area (Å²) >= 11 is 0. The Balaban J connectivity index is 2.15. The van der Waals surface area contributed by atoms with Crippen LogP contribution in [0.15, 0.2) is 36.7 Å². The molecular weight excluding hydrogens is 242 g/mol. The number of rotatable bonds is 5. The van der Waals surface area contributed by atoms with E-state index in [0.29, 0.717) is 12.4 Å². The molecular formula is C14H15N3O2. The fraction of sp³-hybridized carbons (Fsp3) is 0.214. The molecule has 5 heteroatoms. The third-order valence-electron chi connectivity index (χ3n) is 2.74. The lowest BCUT2D eigenvalue weighted by Crippen LogP contribution is -2.01. The van der Waals surface area contributed by atoms with Gasteiger partial charge in [-0.3, -0.25) is 4.79 Å². The van der Waals surface area contributed by atoms with E-state index in [9.17, 15) is 4.79 Å². The fourth-order valence-electron chi connectivity index (χ4n) is 1.69. The van der Waals surface area contributed by atoms with Gasteiger partial charge in [-0.15, -0.1) is 0 Å². The highest BCUT2D eigenvalue weighted by molar-refractivity contribution is 5.67. The van der Waals surface area contributed by atoms with Crippen LogP contribution >= 0.6 is 0 Å². The molecule has 0 saturated heterocycles. The van der Waals surface area contributed by atoms with Crippen molar-refractivity contribution in [2.75, 3.05) is 5.32 Å². The highest BCUT2D eigenvalue weighted by Gasteiger charge is 2.04. The highest BCUT2D eigenvalue weighted by atomic mass is 16.4. The molecule has 2 N–H and O–H groups in total. The van der Waals surface area contributed by atoms with Gasteiger partial charge in [0.05, 0.1) is 0 Å². The summed E-state index contributed by atoms with van der Waals surface area (Å²) in [5.41, 5.74) is 2.94. The van der Waals surface area contributed by atoms with Crippen LogP contribution in [0.25, 0.3) is 0 Å². The van der Waals surface area contributed by atoms with Crippen LogP contribution in [0.1, 0.15) is 17.5 Å². The van der Waals surface area contributed by atoms with E-state index < -0.39 is 5.97 Å². The molecule has 2 rings (SSSR count). The van der Waals surface area contributed by atoms with E-state index in [1.54, 1.807) is 18.5 Å². The minimum Gasteiger partial charge on any atom is -0.481 e. The molecule has 0 aliphatic rings. The second-order valence-electron chi connectivity index (χ2n) is 4.24. The minimum atomic E-state index is -0.790. The average Bonchev–Trinajstić information content (AvgIpc) is 2.41. The van der Waals surface area contributed by atoms with Gasteiger partial charge in [0.1, 0.15) is 0 Å². The maximum atomic E-state index is 10.6. The van der Waals surface area contributed by atoms with Crippen molar-refractivity contribution in [2.24, 2.45) is 0 Å². The van der Waals surface area contributed by atoms with Crippen LogP contribution in [0.4, 0.5) is 11.6 Å². The third kappa shape index (κ3) is 3.77. The number of benzene rings is 1. The summed E-state index contributed by atoms with van der Waals surface area (Å²) in [5.74, 6) is -0.262. The standard InChI is InChI=1S/C14H15N3O2/c1-10-3-4-11(5-6-13(18)19)9-12(10)17-14-15-7-2-8-16-14/h2-4,7-9H,5-6H2,1H3,(H,18,19)(H,15,16,17). The summed E-state index contributed by atoms with van der Waals surface area (Å²) in [6, 6.07) is 7.59. The number of aromatic nitrogens is 2. The van der Waals surface area contributed by atoms with Crippen molar-refractivity contribution < 1.29 is 9.90 Å². The zero-order chi connectivity index (χ0) is 13.7. The molecule has 5 nitrogen and oxygen atoms in total. The van der Waals surface area contributed by atoms with Crippen molar-refractivity contribution in [3.63, 3.8) is 0 Å². The largest absolute Gasteiger partial charge is 0.481 e. The summed E-state index contributed by atoms with van der Waals surface area (Å²) in [6.45, 7) is 1.98. The Labute approximate surface area is 111 Å². The summed E-state index contributed by atoms with van der Waals surface area (Å²) < 4.78 is 0. The normalized spacial score (nSPS) is 10.2. The maximum Gasteiger partial charge on any atom is 0.303 e. The van der Waals surface area contributed by atoms with Gasteiger partial charge in [0.25, 0.3) is 0 Å². The molecule has 2 aromatic rings. The van der Waals surface area contributed by atoms with E-state index in [1.807, 2.05) is 25.1 Å². The Hall–Kier alpha value is -2.43. The van der Waals surface area contributed by atoms with Gasteiger partial charge in [0, 0.05) is 24.5 Å². The molecule has 98 valence electrons. The molecule has 0 bridgehead atoms. The van der Waals surface area contributed by atoms with Gasteiger partial charge < -0.3 is 10.4 Å². The zero-order valence-corrected chi connectivity index (χ0v) is 10.6. The first kappa shape index (κ1) is 13.0. The Morgan fingerprint density at radius 1 is 1.32 bits per heavy atom. The first-order valence-electron chi connectivity index (χ1n) is 6.00. The lowest BCUT2D eigenvalue weighted by Gasteiger charge is -2.09. The average molecular weight is 257 g/mol. The van der Waals surface area contributed by atoms with Gasteiger partial charge in [-0.25, -0.2) is 9.97 Å². The lowest BCUT2D eigenvalue weighted by atomic mass is 10.1. The first-order valence-corrected chi connectivity index (χ1v) is 6.00. The molecule has 19 heavy (non-hydrogen) atoms. The number of hydrogen-bond acceptors (Lipinski definition) is 4. The van der Waals surface area contributed by atoms with Crippen LogP contribution in [-0.4, -0.2) is 21.0 Å². The van der Waals surface area contributed by atoms with E-state index in [2.05, 4.69) is 15.3 Å².